The minimum absolute atomic E-state index is 0.148. The Kier molecular flexibility index (Phi) is 3.31. The first kappa shape index (κ1) is 11.2. The number of nitrogens with one attached hydrogen (secondary N) is 1. The SMILES string of the molecule is CN1CCNCC1c1ccc(F)cc1C=O. The lowest BCUT2D eigenvalue weighted by molar-refractivity contribution is 0.111. The van der Waals surface area contributed by atoms with Crippen LogP contribution in [-0.4, -0.2) is 37.9 Å². The van der Waals surface area contributed by atoms with Crippen molar-refractivity contribution in [2.24, 2.45) is 0 Å². The predicted molar refractivity (Wildman–Crippen MR) is 60.0 cm³/mol. The molecule has 0 saturated carbocycles. The Morgan fingerprint density at radius 1 is 1.56 bits per heavy atom. The van der Waals surface area contributed by atoms with Gasteiger partial charge in [0.25, 0.3) is 0 Å². The maximum atomic E-state index is 13.0. The van der Waals surface area contributed by atoms with E-state index in [0.717, 1.165) is 31.5 Å². The third-order valence-electron chi connectivity index (χ3n) is 3.05. The fraction of sp³-hybridized carbons (Fsp3) is 0.417. The lowest BCUT2D eigenvalue weighted by Gasteiger charge is -2.34. The van der Waals surface area contributed by atoms with Crippen molar-refractivity contribution < 1.29 is 9.18 Å². The first-order valence-corrected chi connectivity index (χ1v) is 5.38. The van der Waals surface area contributed by atoms with E-state index in [-0.39, 0.29) is 11.9 Å². The average molecular weight is 222 g/mol. The summed E-state index contributed by atoms with van der Waals surface area (Å²) in [6.07, 6.45) is 0.723. The molecule has 0 spiro atoms. The zero-order chi connectivity index (χ0) is 11.5. The smallest absolute Gasteiger partial charge is 0.150 e. The van der Waals surface area contributed by atoms with Gasteiger partial charge in [-0.3, -0.25) is 9.69 Å². The molecule has 1 atom stereocenters. The number of piperazine rings is 1. The highest BCUT2D eigenvalue weighted by atomic mass is 19.1. The molecule has 0 bridgehead atoms. The maximum Gasteiger partial charge on any atom is 0.150 e. The fourth-order valence-corrected chi connectivity index (χ4v) is 2.10. The molecule has 4 heteroatoms. The number of halogens is 1. The Labute approximate surface area is 94.3 Å². The van der Waals surface area contributed by atoms with Crippen LogP contribution in [-0.2, 0) is 0 Å². The van der Waals surface area contributed by atoms with Gasteiger partial charge in [-0.15, -0.1) is 0 Å². The number of benzene rings is 1. The lowest BCUT2D eigenvalue weighted by Crippen LogP contribution is -2.44. The molecule has 1 aliphatic rings. The third kappa shape index (κ3) is 2.13. The summed E-state index contributed by atoms with van der Waals surface area (Å²) in [6.45, 7) is 2.67. The fourth-order valence-electron chi connectivity index (χ4n) is 2.10. The van der Waals surface area contributed by atoms with Gasteiger partial charge in [-0.2, -0.15) is 0 Å². The second-order valence-electron chi connectivity index (χ2n) is 4.09. The molecule has 0 amide bonds. The van der Waals surface area contributed by atoms with Crippen molar-refractivity contribution in [2.75, 3.05) is 26.7 Å². The zero-order valence-electron chi connectivity index (χ0n) is 9.24. The van der Waals surface area contributed by atoms with Crippen LogP contribution < -0.4 is 5.32 Å². The molecule has 16 heavy (non-hydrogen) atoms. The highest BCUT2D eigenvalue weighted by molar-refractivity contribution is 5.77. The van der Waals surface area contributed by atoms with Crippen LogP contribution in [0.25, 0.3) is 0 Å². The van der Waals surface area contributed by atoms with E-state index in [2.05, 4.69) is 10.2 Å². The number of carbonyl (C=O) groups excluding carboxylic acids is 1. The van der Waals surface area contributed by atoms with Crippen LogP contribution in [0, 0.1) is 5.82 Å². The second-order valence-corrected chi connectivity index (χ2v) is 4.09. The molecule has 1 aromatic rings. The van der Waals surface area contributed by atoms with Crippen LogP contribution in [0.3, 0.4) is 0 Å². The molecule has 1 heterocycles. The van der Waals surface area contributed by atoms with E-state index < -0.39 is 0 Å². The number of likely N-dealkylation sites (N-methyl/N-ethyl adjacent to an activating group) is 1. The van der Waals surface area contributed by atoms with Gasteiger partial charge in [0.05, 0.1) is 0 Å². The average Bonchev–Trinajstić information content (AvgIpc) is 2.30. The quantitative estimate of drug-likeness (QED) is 0.763. The van der Waals surface area contributed by atoms with Gasteiger partial charge in [-0.25, -0.2) is 4.39 Å². The summed E-state index contributed by atoms with van der Waals surface area (Å²) in [6, 6.07) is 4.55. The molecule has 86 valence electrons. The van der Waals surface area contributed by atoms with Gasteiger partial charge in [-0.1, -0.05) is 6.07 Å². The Hall–Kier alpha value is -1.26. The van der Waals surface area contributed by atoms with Crippen molar-refractivity contribution in [2.45, 2.75) is 6.04 Å². The van der Waals surface area contributed by atoms with E-state index >= 15 is 0 Å². The van der Waals surface area contributed by atoms with Gasteiger partial charge in [-0.05, 0) is 24.7 Å². The first-order valence-electron chi connectivity index (χ1n) is 5.38. The van der Waals surface area contributed by atoms with Crippen LogP contribution in [0.2, 0.25) is 0 Å². The normalized spacial score (nSPS) is 22.0. The molecule has 1 N–H and O–H groups in total. The molecular formula is C12H15FN2O. The summed E-state index contributed by atoms with van der Waals surface area (Å²) in [5, 5.41) is 3.28. The highest BCUT2D eigenvalue weighted by Gasteiger charge is 2.22. The molecule has 0 aliphatic carbocycles. The van der Waals surface area contributed by atoms with E-state index in [1.54, 1.807) is 6.07 Å². The van der Waals surface area contributed by atoms with Crippen LogP contribution in [0.1, 0.15) is 22.0 Å². The van der Waals surface area contributed by atoms with Crippen LogP contribution in [0.5, 0.6) is 0 Å². The van der Waals surface area contributed by atoms with Crippen molar-refractivity contribution in [3.8, 4) is 0 Å². The molecule has 3 nitrogen and oxygen atoms in total. The number of nitrogens with zero attached hydrogens (tertiary/aromatic N) is 1. The van der Waals surface area contributed by atoms with E-state index in [9.17, 15) is 9.18 Å². The van der Waals surface area contributed by atoms with Crippen molar-refractivity contribution >= 4 is 6.29 Å². The van der Waals surface area contributed by atoms with Gasteiger partial charge in [0.2, 0.25) is 0 Å². The van der Waals surface area contributed by atoms with E-state index in [1.165, 1.54) is 12.1 Å². The molecule has 1 aromatic carbocycles. The van der Waals surface area contributed by atoms with Crippen molar-refractivity contribution in [3.05, 3.63) is 35.1 Å². The Bertz CT molecular complexity index is 395. The van der Waals surface area contributed by atoms with Crippen LogP contribution in [0.15, 0.2) is 18.2 Å². The number of hydrogen-bond donors (Lipinski definition) is 1. The van der Waals surface area contributed by atoms with Crippen LogP contribution in [0.4, 0.5) is 4.39 Å². The minimum atomic E-state index is -0.364. The minimum Gasteiger partial charge on any atom is -0.314 e. The standard InChI is InChI=1S/C12H15FN2O/c1-15-5-4-14-7-12(15)11-3-2-10(13)6-9(11)8-16/h2-3,6,8,12,14H,4-5,7H2,1H3. The molecule has 0 radical (unpaired) electrons. The van der Waals surface area contributed by atoms with E-state index in [4.69, 9.17) is 0 Å². The molecule has 2 rings (SSSR count). The maximum absolute atomic E-state index is 13.0. The number of rotatable bonds is 2. The summed E-state index contributed by atoms with van der Waals surface area (Å²) in [4.78, 5) is 13.1. The number of hydrogen-bond acceptors (Lipinski definition) is 3. The summed E-state index contributed by atoms with van der Waals surface area (Å²) in [7, 11) is 2.02. The Balaban J connectivity index is 2.34. The van der Waals surface area contributed by atoms with Crippen molar-refractivity contribution in [3.63, 3.8) is 0 Å². The molecule has 0 aromatic heterocycles. The summed E-state index contributed by atoms with van der Waals surface area (Å²) in [5.41, 5.74) is 1.34. The van der Waals surface area contributed by atoms with Crippen molar-refractivity contribution in [1.29, 1.82) is 0 Å². The van der Waals surface area contributed by atoms with E-state index in [1.807, 2.05) is 7.05 Å². The molecule has 1 fully saturated rings. The number of aldehydes is 1. The topological polar surface area (TPSA) is 32.3 Å². The van der Waals surface area contributed by atoms with E-state index in [0.29, 0.717) is 5.56 Å². The predicted octanol–water partition coefficient (Wildman–Crippen LogP) is 1.21. The van der Waals surface area contributed by atoms with Gasteiger partial charge in [0.15, 0.2) is 0 Å². The molecule has 1 unspecified atom stereocenters. The number of carbonyl (C=O) groups is 1. The monoisotopic (exact) mass is 222 g/mol. The Morgan fingerprint density at radius 2 is 2.38 bits per heavy atom. The summed E-state index contributed by atoms with van der Waals surface area (Å²) in [5.74, 6) is -0.364. The Morgan fingerprint density at radius 3 is 3.06 bits per heavy atom. The zero-order valence-corrected chi connectivity index (χ0v) is 9.24. The van der Waals surface area contributed by atoms with Gasteiger partial charge in [0.1, 0.15) is 12.1 Å². The summed E-state index contributed by atoms with van der Waals surface area (Å²) >= 11 is 0. The molecule has 1 saturated heterocycles. The lowest BCUT2D eigenvalue weighted by atomic mass is 9.98. The van der Waals surface area contributed by atoms with Crippen LogP contribution >= 0.6 is 0 Å². The van der Waals surface area contributed by atoms with Gasteiger partial charge in [0, 0.05) is 31.2 Å². The third-order valence-corrected chi connectivity index (χ3v) is 3.05. The highest BCUT2D eigenvalue weighted by Crippen LogP contribution is 2.23. The molecular weight excluding hydrogens is 207 g/mol. The summed E-state index contributed by atoms with van der Waals surface area (Å²) < 4.78 is 13.0. The van der Waals surface area contributed by atoms with Gasteiger partial charge >= 0.3 is 0 Å². The first-order chi connectivity index (χ1) is 7.72. The largest absolute Gasteiger partial charge is 0.314 e. The second kappa shape index (κ2) is 4.72. The van der Waals surface area contributed by atoms with Crippen molar-refractivity contribution in [1.82, 2.24) is 10.2 Å². The molecule has 1 aliphatic heterocycles. The van der Waals surface area contributed by atoms with Gasteiger partial charge < -0.3 is 5.32 Å².